The van der Waals surface area contributed by atoms with Crippen LogP contribution in [0, 0.1) is 18.6 Å². The number of rotatable bonds is 8. The van der Waals surface area contributed by atoms with Crippen LogP contribution in [-0.4, -0.2) is 48.3 Å². The van der Waals surface area contributed by atoms with E-state index in [1.807, 2.05) is 11.8 Å². The third-order valence-electron chi connectivity index (χ3n) is 8.03. The molecule has 2 atom stereocenters. The molecular formula is C32H31F2N3O5S. The van der Waals surface area contributed by atoms with E-state index in [1.165, 1.54) is 24.3 Å². The van der Waals surface area contributed by atoms with Crippen LogP contribution in [0.5, 0.6) is 5.75 Å². The Labute approximate surface area is 249 Å². The summed E-state index contributed by atoms with van der Waals surface area (Å²) in [7, 11) is -2.16. The fourth-order valence-corrected chi connectivity index (χ4v) is 7.04. The summed E-state index contributed by atoms with van der Waals surface area (Å²) in [6, 6.07) is 16.3. The number of hydrogen-bond acceptors (Lipinski definition) is 6. The Morgan fingerprint density at radius 3 is 2.49 bits per heavy atom. The number of carbonyl (C=O) groups excluding carboxylic acids is 1. The van der Waals surface area contributed by atoms with Crippen molar-refractivity contribution < 1.29 is 30.9 Å². The van der Waals surface area contributed by atoms with Crippen LogP contribution in [0.1, 0.15) is 52.5 Å². The Morgan fingerprint density at radius 2 is 1.74 bits per heavy atom. The number of piperidine rings is 1. The van der Waals surface area contributed by atoms with Crippen molar-refractivity contribution in [3.8, 4) is 17.0 Å². The predicted octanol–water partition coefficient (Wildman–Crippen LogP) is 5.75. The lowest BCUT2D eigenvalue weighted by Gasteiger charge is -2.45. The zero-order chi connectivity index (χ0) is 30.3. The highest BCUT2D eigenvalue weighted by molar-refractivity contribution is 7.86. The second-order valence-corrected chi connectivity index (χ2v) is 12.6. The highest BCUT2D eigenvalue weighted by atomic mass is 32.2. The molecule has 0 unspecified atom stereocenters. The number of benzene rings is 3. The van der Waals surface area contributed by atoms with Gasteiger partial charge in [0.1, 0.15) is 30.6 Å². The molecule has 1 fully saturated rings. The van der Waals surface area contributed by atoms with Crippen LogP contribution >= 0.6 is 0 Å². The molecule has 11 heteroatoms. The lowest BCUT2D eigenvalue weighted by molar-refractivity contribution is 0.0391. The van der Waals surface area contributed by atoms with Crippen molar-refractivity contribution in [1.29, 1.82) is 0 Å². The molecule has 6 rings (SSSR count). The zero-order valence-electron chi connectivity index (χ0n) is 23.8. The third-order valence-corrected chi connectivity index (χ3v) is 9.35. The van der Waals surface area contributed by atoms with Gasteiger partial charge in [0.2, 0.25) is 0 Å². The van der Waals surface area contributed by atoms with Crippen LogP contribution in [-0.2, 0) is 27.8 Å². The Hall–Kier alpha value is -4.09. The highest BCUT2D eigenvalue weighted by Crippen LogP contribution is 2.45. The fraction of sp³-hybridized carbons (Fsp3) is 0.312. The molecule has 2 bridgehead atoms. The molecule has 43 heavy (non-hydrogen) atoms. The second-order valence-electron chi connectivity index (χ2n) is 11.0. The molecule has 8 nitrogen and oxygen atoms in total. The summed E-state index contributed by atoms with van der Waals surface area (Å²) >= 11 is 0. The minimum Gasteiger partial charge on any atom is -0.491 e. The van der Waals surface area contributed by atoms with E-state index in [0.717, 1.165) is 42.1 Å². The van der Waals surface area contributed by atoms with Gasteiger partial charge in [-0.05, 0) is 75.1 Å². The summed E-state index contributed by atoms with van der Waals surface area (Å²) in [5.41, 5.74) is 4.14. The van der Waals surface area contributed by atoms with Gasteiger partial charge >= 0.3 is 0 Å². The van der Waals surface area contributed by atoms with E-state index in [1.54, 1.807) is 48.1 Å². The molecule has 1 aromatic heterocycles. The van der Waals surface area contributed by atoms with Crippen molar-refractivity contribution in [2.45, 2.75) is 49.6 Å². The van der Waals surface area contributed by atoms with Crippen LogP contribution in [0.2, 0.25) is 0 Å². The second kappa shape index (κ2) is 11.5. The van der Waals surface area contributed by atoms with E-state index >= 15 is 0 Å². The van der Waals surface area contributed by atoms with Gasteiger partial charge in [-0.3, -0.25) is 13.7 Å². The topological polar surface area (TPSA) is 90.7 Å². The maximum Gasteiger partial charge on any atom is 0.297 e. The minimum absolute atomic E-state index is 0.0293. The van der Waals surface area contributed by atoms with Gasteiger partial charge in [-0.15, -0.1) is 0 Å². The van der Waals surface area contributed by atoms with E-state index in [0.29, 0.717) is 29.0 Å². The van der Waals surface area contributed by atoms with Crippen molar-refractivity contribution in [1.82, 2.24) is 14.7 Å². The van der Waals surface area contributed by atoms with E-state index in [4.69, 9.17) is 14.0 Å². The maximum atomic E-state index is 14.1. The number of ether oxygens (including phenoxy) is 1. The molecule has 2 aliphatic heterocycles. The summed E-state index contributed by atoms with van der Waals surface area (Å²) < 4.78 is 65.5. The van der Waals surface area contributed by atoms with E-state index in [9.17, 15) is 22.0 Å². The van der Waals surface area contributed by atoms with E-state index in [-0.39, 0.29) is 36.1 Å². The summed E-state index contributed by atoms with van der Waals surface area (Å²) in [6.07, 6.45) is 3.00. The van der Waals surface area contributed by atoms with Crippen LogP contribution in [0.15, 0.2) is 71.6 Å². The van der Waals surface area contributed by atoms with Crippen molar-refractivity contribution in [2.75, 3.05) is 13.2 Å². The molecule has 224 valence electrons. The quantitative estimate of drug-likeness (QED) is 0.187. The van der Waals surface area contributed by atoms with Gasteiger partial charge in [-0.1, -0.05) is 23.8 Å². The summed E-state index contributed by atoms with van der Waals surface area (Å²) in [4.78, 5) is 15.9. The van der Waals surface area contributed by atoms with Crippen LogP contribution in [0.25, 0.3) is 11.3 Å². The largest absolute Gasteiger partial charge is 0.491 e. The number of halogens is 2. The molecule has 0 N–H and O–H groups in total. The van der Waals surface area contributed by atoms with Gasteiger partial charge in [0.15, 0.2) is 0 Å². The molecule has 3 heterocycles. The first-order valence-corrected chi connectivity index (χ1v) is 15.6. The number of aromatic nitrogens is 2. The average Bonchev–Trinajstić information content (AvgIpc) is 3.30. The van der Waals surface area contributed by atoms with Crippen molar-refractivity contribution in [3.63, 3.8) is 0 Å². The molecule has 1 saturated heterocycles. The Morgan fingerprint density at radius 1 is 1.00 bits per heavy atom. The number of carbonyl (C=O) groups is 1. The molecule has 2 aliphatic rings. The molecule has 1 amide bonds. The summed E-state index contributed by atoms with van der Waals surface area (Å²) in [5.74, 6) is -1.05. The molecule has 0 radical (unpaired) electrons. The van der Waals surface area contributed by atoms with Crippen LogP contribution in [0.3, 0.4) is 0 Å². The predicted molar refractivity (Wildman–Crippen MR) is 155 cm³/mol. The fourth-order valence-electron chi connectivity index (χ4n) is 6.14. The first-order valence-electron chi connectivity index (χ1n) is 14.1. The normalized spacial score (nSPS) is 17.9. The first kappa shape index (κ1) is 29.0. The van der Waals surface area contributed by atoms with Crippen molar-refractivity contribution in [3.05, 3.63) is 101 Å². The lowest BCUT2D eigenvalue weighted by atomic mass is 9.81. The van der Waals surface area contributed by atoms with Gasteiger partial charge in [-0.2, -0.15) is 13.5 Å². The van der Waals surface area contributed by atoms with E-state index < -0.39 is 21.8 Å². The molecule has 3 aromatic carbocycles. The molecule has 0 spiro atoms. The Kier molecular flexibility index (Phi) is 7.78. The Bertz CT molecular complexity index is 1770. The van der Waals surface area contributed by atoms with Crippen molar-refractivity contribution in [2.24, 2.45) is 7.05 Å². The highest BCUT2D eigenvalue weighted by Gasteiger charge is 2.43. The zero-order valence-corrected chi connectivity index (χ0v) is 24.6. The number of fused-ring (bicyclic) bond motifs is 4. The van der Waals surface area contributed by atoms with Gasteiger partial charge in [-0.25, -0.2) is 8.78 Å². The average molecular weight is 608 g/mol. The van der Waals surface area contributed by atoms with Gasteiger partial charge < -0.3 is 9.64 Å². The monoisotopic (exact) mass is 607 g/mol. The Balaban J connectivity index is 1.17. The van der Waals surface area contributed by atoms with Gasteiger partial charge in [0.05, 0.1) is 22.3 Å². The number of nitrogens with zero attached hydrogens (tertiary/aromatic N) is 3. The molecule has 0 saturated carbocycles. The SMILES string of the molecule is Cc1ccc(S(=O)(=O)OCCOc2cccc(C(=O)N3[C@@H]4CCC[C@H]3c3nn(C)c(-c5cc(F)cc(F)c5)c3C4)c2)cc1. The summed E-state index contributed by atoms with van der Waals surface area (Å²) in [5, 5.41) is 4.74. The smallest absolute Gasteiger partial charge is 0.297 e. The minimum atomic E-state index is -3.91. The molecular weight excluding hydrogens is 576 g/mol. The number of amides is 1. The van der Waals surface area contributed by atoms with Crippen molar-refractivity contribution >= 4 is 16.0 Å². The van der Waals surface area contributed by atoms with Crippen LogP contribution < -0.4 is 4.74 Å². The van der Waals surface area contributed by atoms with E-state index in [2.05, 4.69) is 0 Å². The van der Waals surface area contributed by atoms with Crippen LogP contribution in [0.4, 0.5) is 8.78 Å². The third kappa shape index (κ3) is 5.79. The maximum absolute atomic E-state index is 14.1. The first-order chi connectivity index (χ1) is 20.6. The standard InChI is InChI=1S/C32H31F2N3O5S/c1-20-9-11-27(12-10-20)43(39,40)42-14-13-41-26-7-3-5-21(17-26)32(38)37-25-6-4-8-29(37)30-28(19-25)31(36(2)35-30)22-15-23(33)18-24(34)16-22/h3,5,7,9-12,15-18,25,29H,4,6,8,13-14,19H2,1-2H3/t25-,29+/m1/s1. The summed E-state index contributed by atoms with van der Waals surface area (Å²) in [6.45, 7) is 1.65. The lowest BCUT2D eigenvalue weighted by Crippen LogP contribution is -2.49. The van der Waals surface area contributed by atoms with Gasteiger partial charge in [0, 0.05) is 35.8 Å². The number of hydrogen-bond donors (Lipinski definition) is 0. The molecule has 4 aromatic rings. The number of aryl methyl sites for hydroxylation is 2. The molecule has 0 aliphatic carbocycles. The van der Waals surface area contributed by atoms with Gasteiger partial charge in [0.25, 0.3) is 16.0 Å².